The van der Waals surface area contributed by atoms with Crippen LogP contribution in [0.3, 0.4) is 0 Å². The quantitative estimate of drug-likeness (QED) is 0.827. The molecule has 0 radical (unpaired) electrons. The zero-order valence-electron chi connectivity index (χ0n) is 15.1. The summed E-state index contributed by atoms with van der Waals surface area (Å²) in [6.07, 6.45) is 2.83. The van der Waals surface area contributed by atoms with Crippen molar-refractivity contribution >= 4 is 38.9 Å². The largest absolute Gasteiger partial charge is 0.326 e. The third-order valence-electron chi connectivity index (χ3n) is 5.43. The summed E-state index contributed by atoms with van der Waals surface area (Å²) in [5, 5.41) is 2.69. The molecule has 2 aromatic rings. The molecule has 1 aliphatic carbocycles. The average molecular weight is 397 g/mol. The van der Waals surface area contributed by atoms with Crippen LogP contribution in [0.1, 0.15) is 24.0 Å². The summed E-state index contributed by atoms with van der Waals surface area (Å²) in [5.41, 5.74) is 3.65. The van der Waals surface area contributed by atoms with Gasteiger partial charge in [0.1, 0.15) is 0 Å². The molecule has 7 nitrogen and oxygen atoms in total. The Morgan fingerprint density at radius 2 is 1.93 bits per heavy atom. The highest BCUT2D eigenvalue weighted by atomic mass is 32.2. The fourth-order valence-corrected chi connectivity index (χ4v) is 4.93. The van der Waals surface area contributed by atoms with Gasteiger partial charge in [0.25, 0.3) is 10.0 Å². The first-order valence-electron chi connectivity index (χ1n) is 9.31. The van der Waals surface area contributed by atoms with Gasteiger partial charge in [0, 0.05) is 29.5 Å². The Kier molecular flexibility index (Phi) is 3.74. The first-order chi connectivity index (χ1) is 13.4. The number of sulfonamides is 1. The van der Waals surface area contributed by atoms with E-state index in [-0.39, 0.29) is 29.0 Å². The Balaban J connectivity index is 1.38. The summed E-state index contributed by atoms with van der Waals surface area (Å²) in [4.78, 5) is 25.8. The van der Waals surface area contributed by atoms with Crippen LogP contribution in [-0.4, -0.2) is 26.8 Å². The Morgan fingerprint density at radius 1 is 1.11 bits per heavy atom. The lowest BCUT2D eigenvalue weighted by Crippen LogP contribution is -2.30. The molecular formula is C20H19N3O4S. The van der Waals surface area contributed by atoms with Crippen molar-refractivity contribution in [3.05, 3.63) is 47.5 Å². The van der Waals surface area contributed by atoms with Gasteiger partial charge in [-0.15, -0.1) is 0 Å². The summed E-state index contributed by atoms with van der Waals surface area (Å²) in [5.74, 6) is 0.195. The molecule has 0 spiro atoms. The summed E-state index contributed by atoms with van der Waals surface area (Å²) in [6.45, 7) is 0.646. The number of carbonyl (C=O) groups excluding carboxylic acids is 2. The number of rotatable bonds is 4. The number of benzene rings is 2. The van der Waals surface area contributed by atoms with Gasteiger partial charge in [0.15, 0.2) is 0 Å². The molecule has 144 valence electrons. The van der Waals surface area contributed by atoms with Crippen LogP contribution in [-0.2, 0) is 32.5 Å². The van der Waals surface area contributed by atoms with Crippen molar-refractivity contribution in [1.82, 2.24) is 0 Å². The molecule has 2 aliphatic heterocycles. The number of hydrogen-bond donors (Lipinski definition) is 2. The van der Waals surface area contributed by atoms with Gasteiger partial charge in [0.2, 0.25) is 11.8 Å². The predicted octanol–water partition coefficient (Wildman–Crippen LogP) is 2.28. The molecule has 0 aromatic heterocycles. The van der Waals surface area contributed by atoms with Crippen LogP contribution in [0.5, 0.6) is 0 Å². The number of hydrogen-bond acceptors (Lipinski definition) is 4. The van der Waals surface area contributed by atoms with Crippen LogP contribution in [0.15, 0.2) is 41.3 Å². The molecule has 0 saturated heterocycles. The summed E-state index contributed by atoms with van der Waals surface area (Å²) in [7, 11) is -3.77. The van der Waals surface area contributed by atoms with Crippen molar-refractivity contribution in [2.24, 2.45) is 5.92 Å². The van der Waals surface area contributed by atoms with Crippen LogP contribution in [0.25, 0.3) is 0 Å². The van der Waals surface area contributed by atoms with E-state index < -0.39 is 10.0 Å². The minimum Gasteiger partial charge on any atom is -0.326 e. The highest BCUT2D eigenvalue weighted by Crippen LogP contribution is 2.37. The second kappa shape index (κ2) is 6.07. The molecule has 1 saturated carbocycles. The Morgan fingerprint density at radius 3 is 2.71 bits per heavy atom. The summed E-state index contributed by atoms with van der Waals surface area (Å²) < 4.78 is 28.2. The van der Waals surface area contributed by atoms with Gasteiger partial charge in [0.05, 0.1) is 11.3 Å². The Labute approximate surface area is 162 Å². The fraction of sp³-hybridized carbons (Fsp3) is 0.300. The summed E-state index contributed by atoms with van der Waals surface area (Å²) in [6, 6.07) is 9.92. The molecule has 28 heavy (non-hydrogen) atoms. The standard InChI is InChI=1S/C20H19N3O4S/c24-19-11-14-10-16(4-5-17(14)21-19)28(26,27)22-15-3-6-18-13(9-15)7-8-23(18)20(25)12-1-2-12/h3-6,9-10,12,22H,1-2,7-8,11H2,(H,21,24). The first-order valence-corrected chi connectivity index (χ1v) is 10.8. The SMILES string of the molecule is O=C1Cc2cc(S(=O)(=O)Nc3ccc4c(c3)CCN4C(=O)C3CC3)ccc2N1. The minimum absolute atomic E-state index is 0.119. The van der Waals surface area contributed by atoms with Gasteiger partial charge in [-0.05, 0) is 66.8 Å². The zero-order chi connectivity index (χ0) is 19.5. The van der Waals surface area contributed by atoms with Crippen LogP contribution in [0.2, 0.25) is 0 Å². The van der Waals surface area contributed by atoms with Crippen LogP contribution in [0.4, 0.5) is 17.1 Å². The number of nitrogens with zero attached hydrogens (tertiary/aromatic N) is 1. The Hall–Kier alpha value is -2.87. The first kappa shape index (κ1) is 17.2. The average Bonchev–Trinajstić information content (AvgIpc) is 3.31. The van der Waals surface area contributed by atoms with Crippen molar-refractivity contribution in [3.8, 4) is 0 Å². The van der Waals surface area contributed by atoms with E-state index in [0.29, 0.717) is 23.5 Å². The monoisotopic (exact) mass is 397 g/mol. The zero-order valence-corrected chi connectivity index (χ0v) is 15.9. The maximum absolute atomic E-state index is 12.8. The van der Waals surface area contributed by atoms with E-state index in [9.17, 15) is 18.0 Å². The molecule has 8 heteroatoms. The van der Waals surface area contributed by atoms with Gasteiger partial charge in [-0.1, -0.05) is 0 Å². The van der Waals surface area contributed by atoms with E-state index in [1.165, 1.54) is 12.1 Å². The van der Waals surface area contributed by atoms with Crippen LogP contribution < -0.4 is 14.9 Å². The van der Waals surface area contributed by atoms with Crippen LogP contribution >= 0.6 is 0 Å². The van der Waals surface area contributed by atoms with E-state index in [0.717, 1.165) is 30.5 Å². The fourth-order valence-electron chi connectivity index (χ4n) is 3.83. The molecule has 2 aromatic carbocycles. The van der Waals surface area contributed by atoms with E-state index in [2.05, 4.69) is 10.0 Å². The number of nitrogens with one attached hydrogen (secondary N) is 2. The maximum atomic E-state index is 12.8. The van der Waals surface area contributed by atoms with E-state index in [1.54, 1.807) is 18.2 Å². The van der Waals surface area contributed by atoms with Crippen molar-refractivity contribution in [3.63, 3.8) is 0 Å². The lowest BCUT2D eigenvalue weighted by molar-refractivity contribution is -0.119. The van der Waals surface area contributed by atoms with Crippen LogP contribution in [0, 0.1) is 5.92 Å². The number of carbonyl (C=O) groups is 2. The molecule has 0 unspecified atom stereocenters. The van der Waals surface area contributed by atoms with Crippen molar-refractivity contribution < 1.29 is 18.0 Å². The highest BCUT2D eigenvalue weighted by molar-refractivity contribution is 7.92. The number of fused-ring (bicyclic) bond motifs is 2. The Bertz CT molecular complexity index is 1120. The molecule has 3 aliphatic rings. The van der Waals surface area contributed by atoms with Gasteiger partial charge in [-0.3, -0.25) is 14.3 Å². The number of anilines is 3. The lowest BCUT2D eigenvalue weighted by atomic mass is 10.1. The smallest absolute Gasteiger partial charge is 0.261 e. The second-order valence-electron chi connectivity index (χ2n) is 7.51. The number of amides is 2. The van der Waals surface area contributed by atoms with Crippen molar-refractivity contribution in [1.29, 1.82) is 0 Å². The van der Waals surface area contributed by atoms with Crippen molar-refractivity contribution in [2.75, 3.05) is 21.5 Å². The molecule has 2 heterocycles. The highest BCUT2D eigenvalue weighted by Gasteiger charge is 2.36. The van der Waals surface area contributed by atoms with E-state index >= 15 is 0 Å². The molecular weight excluding hydrogens is 378 g/mol. The molecule has 2 amide bonds. The molecule has 5 rings (SSSR count). The minimum atomic E-state index is -3.77. The topological polar surface area (TPSA) is 95.6 Å². The molecule has 2 N–H and O–H groups in total. The van der Waals surface area contributed by atoms with Gasteiger partial charge in [-0.2, -0.15) is 0 Å². The predicted molar refractivity (Wildman–Crippen MR) is 105 cm³/mol. The third-order valence-corrected chi connectivity index (χ3v) is 6.81. The van der Waals surface area contributed by atoms with Gasteiger partial charge < -0.3 is 10.2 Å². The molecule has 0 bridgehead atoms. The second-order valence-corrected chi connectivity index (χ2v) is 9.19. The van der Waals surface area contributed by atoms with Crippen molar-refractivity contribution in [2.45, 2.75) is 30.6 Å². The maximum Gasteiger partial charge on any atom is 0.261 e. The van der Waals surface area contributed by atoms with E-state index in [1.807, 2.05) is 11.0 Å². The third kappa shape index (κ3) is 2.93. The van der Waals surface area contributed by atoms with Gasteiger partial charge >= 0.3 is 0 Å². The molecule has 0 atom stereocenters. The molecule has 1 fully saturated rings. The van der Waals surface area contributed by atoms with Gasteiger partial charge in [-0.25, -0.2) is 8.42 Å². The summed E-state index contributed by atoms with van der Waals surface area (Å²) >= 11 is 0. The normalized spacial score (nSPS) is 17.9. The lowest BCUT2D eigenvalue weighted by Gasteiger charge is -2.17. The van der Waals surface area contributed by atoms with E-state index in [4.69, 9.17) is 0 Å².